The number of aryl methyl sites for hydroxylation is 1. The number of hydrogen-bond donors (Lipinski definition) is 2. The third-order valence-electron chi connectivity index (χ3n) is 2.58. The number of halogens is 1. The molecule has 0 aliphatic heterocycles. The molecule has 0 aliphatic rings. The second-order valence-electron chi connectivity index (χ2n) is 4.16. The maximum absolute atomic E-state index is 14.0. The Morgan fingerprint density at radius 3 is 2.95 bits per heavy atom. The van der Waals surface area contributed by atoms with Crippen LogP contribution in [0.15, 0.2) is 22.9 Å². The predicted molar refractivity (Wildman–Crippen MR) is 70.8 cm³/mol. The summed E-state index contributed by atoms with van der Waals surface area (Å²) >= 11 is 0. The van der Waals surface area contributed by atoms with E-state index in [9.17, 15) is 9.18 Å². The molecule has 2 aromatic heterocycles. The van der Waals surface area contributed by atoms with Crippen molar-refractivity contribution in [2.24, 2.45) is 0 Å². The van der Waals surface area contributed by atoms with E-state index in [1.807, 2.05) is 6.92 Å². The number of nitrogens with zero attached hydrogens (tertiary/aromatic N) is 2. The first-order chi connectivity index (χ1) is 9.61. The quantitative estimate of drug-likeness (QED) is 0.873. The summed E-state index contributed by atoms with van der Waals surface area (Å²) in [6.45, 7) is 4.27. The molecular weight excluding hydrogens is 263 g/mol. The first kappa shape index (κ1) is 14.0. The van der Waals surface area contributed by atoms with Crippen molar-refractivity contribution < 1.29 is 13.7 Å². The summed E-state index contributed by atoms with van der Waals surface area (Å²) in [6.07, 6.45) is 1.39. The van der Waals surface area contributed by atoms with Gasteiger partial charge in [-0.3, -0.25) is 4.79 Å². The van der Waals surface area contributed by atoms with Gasteiger partial charge in [-0.15, -0.1) is 0 Å². The molecule has 20 heavy (non-hydrogen) atoms. The van der Waals surface area contributed by atoms with Crippen LogP contribution in [0.5, 0.6) is 0 Å². The summed E-state index contributed by atoms with van der Waals surface area (Å²) in [7, 11) is 0. The molecule has 0 spiro atoms. The second kappa shape index (κ2) is 6.14. The first-order valence-corrected chi connectivity index (χ1v) is 6.20. The largest absolute Gasteiger partial charge is 0.368 e. The van der Waals surface area contributed by atoms with E-state index in [-0.39, 0.29) is 17.9 Å². The van der Waals surface area contributed by atoms with Crippen LogP contribution in [0.2, 0.25) is 0 Å². The molecule has 7 heteroatoms. The maximum Gasteiger partial charge on any atom is 0.254 e. The molecule has 106 valence electrons. The van der Waals surface area contributed by atoms with Crippen molar-refractivity contribution in [2.45, 2.75) is 20.4 Å². The number of nitrogens with one attached hydrogen (secondary N) is 2. The predicted octanol–water partition coefficient (Wildman–Crippen LogP) is 1.88. The van der Waals surface area contributed by atoms with Gasteiger partial charge in [0.15, 0.2) is 11.6 Å². The normalized spacial score (nSPS) is 10.3. The summed E-state index contributed by atoms with van der Waals surface area (Å²) < 4.78 is 18.9. The van der Waals surface area contributed by atoms with Gasteiger partial charge >= 0.3 is 0 Å². The van der Waals surface area contributed by atoms with E-state index in [4.69, 9.17) is 4.52 Å². The van der Waals surface area contributed by atoms with Crippen molar-refractivity contribution in [2.75, 3.05) is 11.9 Å². The third-order valence-corrected chi connectivity index (χ3v) is 2.58. The van der Waals surface area contributed by atoms with Crippen LogP contribution < -0.4 is 10.6 Å². The molecule has 0 unspecified atom stereocenters. The number of hydrogen-bond acceptors (Lipinski definition) is 5. The molecule has 1 amide bonds. The van der Waals surface area contributed by atoms with E-state index in [0.717, 1.165) is 0 Å². The lowest BCUT2D eigenvalue weighted by Gasteiger charge is -2.08. The summed E-state index contributed by atoms with van der Waals surface area (Å²) in [5.41, 5.74) is 0.522. The average molecular weight is 278 g/mol. The van der Waals surface area contributed by atoms with Gasteiger partial charge in [-0.2, -0.15) is 0 Å². The Morgan fingerprint density at radius 2 is 2.30 bits per heavy atom. The number of rotatable bonds is 5. The van der Waals surface area contributed by atoms with Gasteiger partial charge in [-0.25, -0.2) is 9.37 Å². The number of anilines is 1. The molecule has 6 nitrogen and oxygen atoms in total. The Balaban J connectivity index is 2.07. The van der Waals surface area contributed by atoms with Crippen molar-refractivity contribution in [3.05, 3.63) is 41.2 Å². The highest BCUT2D eigenvalue weighted by atomic mass is 19.1. The SMILES string of the molecule is CCNc1nccc(C(=O)NCc2cc(C)on2)c1F. The Kier molecular flexibility index (Phi) is 4.29. The molecule has 2 aromatic rings. The second-order valence-corrected chi connectivity index (χ2v) is 4.16. The lowest BCUT2D eigenvalue weighted by Crippen LogP contribution is -2.24. The fourth-order valence-corrected chi connectivity index (χ4v) is 1.68. The van der Waals surface area contributed by atoms with Gasteiger partial charge in [0.2, 0.25) is 0 Å². The van der Waals surface area contributed by atoms with Crippen molar-refractivity contribution in [3.63, 3.8) is 0 Å². The minimum absolute atomic E-state index is 0.0591. The highest BCUT2D eigenvalue weighted by molar-refractivity contribution is 5.95. The van der Waals surface area contributed by atoms with Crippen LogP contribution in [-0.2, 0) is 6.54 Å². The topological polar surface area (TPSA) is 80.0 Å². The molecule has 2 N–H and O–H groups in total. The van der Waals surface area contributed by atoms with Gasteiger partial charge in [0, 0.05) is 18.8 Å². The summed E-state index contributed by atoms with van der Waals surface area (Å²) in [5.74, 6) is -0.468. The Hall–Kier alpha value is -2.44. The molecule has 0 aromatic carbocycles. The van der Waals surface area contributed by atoms with Crippen LogP contribution in [-0.4, -0.2) is 22.6 Å². The molecule has 2 rings (SSSR count). The van der Waals surface area contributed by atoms with Crippen LogP contribution in [0.25, 0.3) is 0 Å². The Bertz CT molecular complexity index is 612. The first-order valence-electron chi connectivity index (χ1n) is 6.20. The Morgan fingerprint density at radius 1 is 1.50 bits per heavy atom. The van der Waals surface area contributed by atoms with Gasteiger partial charge in [-0.1, -0.05) is 5.16 Å². The fraction of sp³-hybridized carbons (Fsp3) is 0.308. The third kappa shape index (κ3) is 3.11. The van der Waals surface area contributed by atoms with Gasteiger partial charge in [0.25, 0.3) is 5.91 Å². The lowest BCUT2D eigenvalue weighted by molar-refractivity contribution is 0.0946. The molecule has 0 aliphatic carbocycles. The molecule has 0 saturated heterocycles. The minimum atomic E-state index is -0.664. The standard InChI is InChI=1S/C13H15FN4O2/c1-3-15-12-11(14)10(4-5-16-12)13(19)17-7-9-6-8(2)20-18-9/h4-6H,3,7H2,1-2H3,(H,15,16)(H,17,19). The number of carbonyl (C=O) groups excluding carboxylic acids is 1. The monoisotopic (exact) mass is 278 g/mol. The average Bonchev–Trinajstić information content (AvgIpc) is 2.84. The van der Waals surface area contributed by atoms with E-state index in [1.165, 1.54) is 12.3 Å². The molecular formula is C13H15FN4O2. The zero-order valence-electron chi connectivity index (χ0n) is 11.2. The number of amides is 1. The van der Waals surface area contributed by atoms with Crippen LogP contribution in [0.1, 0.15) is 28.7 Å². The number of pyridine rings is 1. The molecule has 0 radical (unpaired) electrons. The van der Waals surface area contributed by atoms with Crippen LogP contribution in [0.3, 0.4) is 0 Å². The molecule has 2 heterocycles. The van der Waals surface area contributed by atoms with Gasteiger partial charge in [0.05, 0.1) is 12.1 Å². The molecule has 0 atom stereocenters. The van der Waals surface area contributed by atoms with Crippen molar-refractivity contribution >= 4 is 11.7 Å². The van der Waals surface area contributed by atoms with E-state index >= 15 is 0 Å². The molecule has 0 fully saturated rings. The highest BCUT2D eigenvalue weighted by Crippen LogP contribution is 2.14. The highest BCUT2D eigenvalue weighted by Gasteiger charge is 2.15. The van der Waals surface area contributed by atoms with Crippen LogP contribution in [0.4, 0.5) is 10.2 Å². The Labute approximate surface area is 115 Å². The van der Waals surface area contributed by atoms with Gasteiger partial charge < -0.3 is 15.2 Å². The summed E-state index contributed by atoms with van der Waals surface area (Å²) in [5, 5.41) is 9.08. The van der Waals surface area contributed by atoms with E-state index in [2.05, 4.69) is 20.8 Å². The maximum atomic E-state index is 14.0. The van der Waals surface area contributed by atoms with E-state index < -0.39 is 11.7 Å². The zero-order valence-corrected chi connectivity index (χ0v) is 11.2. The number of aromatic nitrogens is 2. The van der Waals surface area contributed by atoms with E-state index in [0.29, 0.717) is 18.0 Å². The summed E-state index contributed by atoms with van der Waals surface area (Å²) in [6, 6.07) is 3.03. The molecule has 0 bridgehead atoms. The minimum Gasteiger partial charge on any atom is -0.368 e. The van der Waals surface area contributed by atoms with Gasteiger partial charge in [-0.05, 0) is 19.9 Å². The lowest BCUT2D eigenvalue weighted by atomic mass is 10.2. The zero-order chi connectivity index (χ0) is 14.5. The van der Waals surface area contributed by atoms with Crippen molar-refractivity contribution in [1.29, 1.82) is 0 Å². The summed E-state index contributed by atoms with van der Waals surface area (Å²) in [4.78, 5) is 15.8. The van der Waals surface area contributed by atoms with Crippen molar-refractivity contribution in [1.82, 2.24) is 15.5 Å². The van der Waals surface area contributed by atoms with Crippen LogP contribution >= 0.6 is 0 Å². The smallest absolute Gasteiger partial charge is 0.254 e. The fourth-order valence-electron chi connectivity index (χ4n) is 1.68. The van der Waals surface area contributed by atoms with Crippen LogP contribution in [0, 0.1) is 12.7 Å². The van der Waals surface area contributed by atoms with E-state index in [1.54, 1.807) is 13.0 Å². The van der Waals surface area contributed by atoms with Gasteiger partial charge in [0.1, 0.15) is 11.5 Å². The molecule has 0 saturated carbocycles. The van der Waals surface area contributed by atoms with Crippen molar-refractivity contribution in [3.8, 4) is 0 Å². The number of carbonyl (C=O) groups is 1.